The summed E-state index contributed by atoms with van der Waals surface area (Å²) in [6, 6.07) is 5.54. The van der Waals surface area contributed by atoms with E-state index in [0.717, 1.165) is 0 Å². The van der Waals surface area contributed by atoms with Crippen molar-refractivity contribution in [2.45, 2.75) is 38.1 Å². The lowest BCUT2D eigenvalue weighted by molar-refractivity contribution is -0.131. The molecule has 0 saturated heterocycles. The van der Waals surface area contributed by atoms with Gasteiger partial charge in [0.05, 0.1) is 11.6 Å². The van der Waals surface area contributed by atoms with Crippen LogP contribution >= 0.6 is 0 Å². The Hall–Kier alpha value is -2.00. The molecule has 0 aliphatic carbocycles. The first kappa shape index (κ1) is 18.1. The first-order valence-corrected chi connectivity index (χ1v) is 6.79. The summed E-state index contributed by atoms with van der Waals surface area (Å²) >= 11 is 0. The van der Waals surface area contributed by atoms with Gasteiger partial charge in [-0.3, -0.25) is 10.0 Å². The predicted molar refractivity (Wildman–Crippen MR) is 76.0 cm³/mol. The van der Waals surface area contributed by atoms with Crippen molar-refractivity contribution >= 4 is 11.9 Å². The molecule has 8 heteroatoms. The van der Waals surface area contributed by atoms with Crippen molar-refractivity contribution in [1.82, 2.24) is 10.8 Å². The van der Waals surface area contributed by atoms with E-state index in [4.69, 9.17) is 20.5 Å². The normalized spacial score (nSPS) is 12.2. The van der Waals surface area contributed by atoms with Gasteiger partial charge < -0.3 is 20.6 Å². The number of carboxylic acid groups (broad SMARTS) is 1. The monoisotopic (exact) mass is 312 g/mol. The van der Waals surface area contributed by atoms with Crippen LogP contribution in [0, 0.1) is 0 Å². The Morgan fingerprint density at radius 1 is 1.18 bits per heavy atom. The van der Waals surface area contributed by atoms with Crippen LogP contribution < -0.4 is 10.8 Å². The minimum Gasteiger partial charge on any atom is -0.478 e. The summed E-state index contributed by atoms with van der Waals surface area (Å²) in [7, 11) is 0. The van der Waals surface area contributed by atoms with Gasteiger partial charge in [-0.2, -0.15) is 0 Å². The molecular formula is C14H20N2O6. The van der Waals surface area contributed by atoms with Crippen LogP contribution in [-0.4, -0.2) is 44.7 Å². The molecule has 1 aromatic carbocycles. The van der Waals surface area contributed by atoms with Crippen LogP contribution in [0.5, 0.6) is 0 Å². The fraction of sp³-hybridized carbons (Fsp3) is 0.429. The Kier molecular flexibility index (Phi) is 7.47. The summed E-state index contributed by atoms with van der Waals surface area (Å²) in [5.41, 5.74) is 2.37. The standard InChI is InChI=1S/C14H20N2O6/c17-12(18)6-2-5-11(13(19)16-22)15-8-9-3-1-4-10(7-9)14(20)21/h1,3-4,7,11-12,15,17-18,22H,2,5-6,8H2,(H,16,19)(H,20,21)/t11-/m0/s1. The minimum absolute atomic E-state index is 0.116. The number of carboxylic acids is 1. The maximum Gasteiger partial charge on any atom is 0.335 e. The van der Waals surface area contributed by atoms with Gasteiger partial charge in [0.2, 0.25) is 0 Å². The molecule has 6 N–H and O–H groups in total. The molecule has 0 bridgehead atoms. The highest BCUT2D eigenvalue weighted by atomic mass is 16.5. The van der Waals surface area contributed by atoms with Crippen LogP contribution in [0.3, 0.4) is 0 Å². The molecule has 22 heavy (non-hydrogen) atoms. The summed E-state index contributed by atoms with van der Waals surface area (Å²) in [5.74, 6) is -1.68. The van der Waals surface area contributed by atoms with E-state index in [-0.39, 0.29) is 18.5 Å². The molecule has 0 saturated carbocycles. The average Bonchev–Trinajstić information content (AvgIpc) is 2.49. The van der Waals surface area contributed by atoms with E-state index in [9.17, 15) is 9.59 Å². The number of rotatable bonds is 9. The Morgan fingerprint density at radius 2 is 1.91 bits per heavy atom. The molecule has 122 valence electrons. The average molecular weight is 312 g/mol. The van der Waals surface area contributed by atoms with E-state index in [1.165, 1.54) is 12.1 Å². The highest BCUT2D eigenvalue weighted by Gasteiger charge is 2.17. The van der Waals surface area contributed by atoms with Crippen LogP contribution in [0.4, 0.5) is 0 Å². The van der Waals surface area contributed by atoms with Gasteiger partial charge in [-0.1, -0.05) is 12.1 Å². The predicted octanol–water partition coefficient (Wildman–Crippen LogP) is -0.171. The Morgan fingerprint density at radius 3 is 2.50 bits per heavy atom. The number of aliphatic hydroxyl groups excluding tert-OH is 1. The maximum absolute atomic E-state index is 11.5. The van der Waals surface area contributed by atoms with E-state index in [1.807, 2.05) is 0 Å². The number of hydrogen-bond acceptors (Lipinski definition) is 6. The molecule has 0 aromatic heterocycles. The quantitative estimate of drug-likeness (QED) is 0.211. The number of amides is 1. The molecule has 1 amide bonds. The highest BCUT2D eigenvalue weighted by molar-refractivity contribution is 5.87. The van der Waals surface area contributed by atoms with E-state index in [1.54, 1.807) is 17.6 Å². The maximum atomic E-state index is 11.5. The van der Waals surface area contributed by atoms with Gasteiger partial charge in [0.25, 0.3) is 5.91 Å². The zero-order valence-electron chi connectivity index (χ0n) is 11.9. The minimum atomic E-state index is -1.44. The zero-order chi connectivity index (χ0) is 16.5. The number of hydrogen-bond donors (Lipinski definition) is 6. The summed E-state index contributed by atoms with van der Waals surface area (Å²) in [5, 5.41) is 38.1. The topological polar surface area (TPSA) is 139 Å². The second-order valence-electron chi connectivity index (χ2n) is 4.83. The van der Waals surface area contributed by atoms with Crippen LogP contribution in [0.15, 0.2) is 24.3 Å². The fourth-order valence-corrected chi connectivity index (χ4v) is 1.96. The van der Waals surface area contributed by atoms with Crippen LogP contribution in [0.1, 0.15) is 35.2 Å². The largest absolute Gasteiger partial charge is 0.478 e. The molecule has 0 aliphatic heterocycles. The van der Waals surface area contributed by atoms with Crippen molar-refractivity contribution in [2.24, 2.45) is 0 Å². The van der Waals surface area contributed by atoms with Gasteiger partial charge in [0, 0.05) is 6.54 Å². The third-order valence-corrected chi connectivity index (χ3v) is 3.11. The molecule has 0 fully saturated rings. The summed E-state index contributed by atoms with van der Waals surface area (Å²) in [6.45, 7) is 0.237. The molecule has 0 heterocycles. The van der Waals surface area contributed by atoms with Crippen LogP contribution in [-0.2, 0) is 11.3 Å². The van der Waals surface area contributed by atoms with Crippen molar-refractivity contribution in [3.63, 3.8) is 0 Å². The number of carbonyl (C=O) groups is 2. The highest BCUT2D eigenvalue weighted by Crippen LogP contribution is 2.08. The molecule has 1 rings (SSSR count). The lowest BCUT2D eigenvalue weighted by Crippen LogP contribution is -2.42. The number of nitrogens with one attached hydrogen (secondary N) is 2. The molecule has 1 aromatic rings. The molecule has 0 unspecified atom stereocenters. The summed E-state index contributed by atoms with van der Waals surface area (Å²) in [6.07, 6.45) is -0.656. The number of benzene rings is 1. The van der Waals surface area contributed by atoms with Crippen molar-refractivity contribution in [3.05, 3.63) is 35.4 Å². The van der Waals surface area contributed by atoms with E-state index >= 15 is 0 Å². The van der Waals surface area contributed by atoms with Gasteiger partial charge in [-0.05, 0) is 37.0 Å². The zero-order valence-corrected chi connectivity index (χ0v) is 11.9. The molecular weight excluding hydrogens is 292 g/mol. The van der Waals surface area contributed by atoms with Gasteiger partial charge in [0.1, 0.15) is 0 Å². The van der Waals surface area contributed by atoms with Gasteiger partial charge in [0.15, 0.2) is 6.29 Å². The molecule has 0 spiro atoms. The number of aliphatic hydroxyl groups is 2. The lowest BCUT2D eigenvalue weighted by atomic mass is 10.1. The van der Waals surface area contributed by atoms with Crippen molar-refractivity contribution in [2.75, 3.05) is 0 Å². The third kappa shape index (κ3) is 6.19. The molecule has 0 aliphatic rings. The lowest BCUT2D eigenvalue weighted by Gasteiger charge is -2.17. The van der Waals surface area contributed by atoms with E-state index in [0.29, 0.717) is 18.4 Å². The van der Waals surface area contributed by atoms with E-state index in [2.05, 4.69) is 5.32 Å². The third-order valence-electron chi connectivity index (χ3n) is 3.11. The first-order chi connectivity index (χ1) is 10.4. The number of carbonyl (C=O) groups excluding carboxylic acids is 1. The van der Waals surface area contributed by atoms with Crippen LogP contribution in [0.2, 0.25) is 0 Å². The Bertz CT molecular complexity index is 506. The summed E-state index contributed by atoms with van der Waals surface area (Å²) in [4.78, 5) is 22.4. The molecule has 0 radical (unpaired) electrons. The van der Waals surface area contributed by atoms with E-state index < -0.39 is 24.2 Å². The van der Waals surface area contributed by atoms with Crippen molar-refractivity contribution in [1.29, 1.82) is 0 Å². The van der Waals surface area contributed by atoms with Crippen molar-refractivity contribution in [3.8, 4) is 0 Å². The second-order valence-corrected chi connectivity index (χ2v) is 4.83. The van der Waals surface area contributed by atoms with Gasteiger partial charge in [-0.25, -0.2) is 10.3 Å². The summed E-state index contributed by atoms with van der Waals surface area (Å²) < 4.78 is 0. The van der Waals surface area contributed by atoms with Crippen LogP contribution in [0.25, 0.3) is 0 Å². The Labute approximate surface area is 127 Å². The number of aromatic carboxylic acids is 1. The molecule has 1 atom stereocenters. The number of hydroxylamine groups is 1. The SMILES string of the molecule is O=C(O)c1cccc(CN[C@@H](CCCC(O)O)C(=O)NO)c1. The van der Waals surface area contributed by atoms with Gasteiger partial charge >= 0.3 is 5.97 Å². The van der Waals surface area contributed by atoms with Gasteiger partial charge in [-0.15, -0.1) is 0 Å². The Balaban J connectivity index is 2.60. The molecule has 8 nitrogen and oxygen atoms in total. The smallest absolute Gasteiger partial charge is 0.335 e. The first-order valence-electron chi connectivity index (χ1n) is 6.79. The fourth-order valence-electron chi connectivity index (χ4n) is 1.96. The van der Waals surface area contributed by atoms with Crippen molar-refractivity contribution < 1.29 is 30.1 Å². The second kappa shape index (κ2) is 9.11.